The molecule has 2 nitrogen and oxygen atoms in total. The Morgan fingerprint density at radius 2 is 1.89 bits per heavy atom. The molecule has 96 valence electrons. The summed E-state index contributed by atoms with van der Waals surface area (Å²) in [5, 5.41) is 0. The Morgan fingerprint density at radius 3 is 2.39 bits per heavy atom. The molecule has 0 saturated heterocycles. The second kappa shape index (κ2) is 6.26. The molecule has 0 aliphatic heterocycles. The highest BCUT2D eigenvalue weighted by molar-refractivity contribution is 5.69. The largest absolute Gasteiger partial charge is 0.449 e. The van der Waals surface area contributed by atoms with Gasteiger partial charge in [-0.05, 0) is 12.1 Å². The molecule has 1 aromatic carbocycles. The van der Waals surface area contributed by atoms with E-state index >= 15 is 0 Å². The zero-order valence-electron chi connectivity index (χ0n) is 11.5. The minimum absolute atomic E-state index is 0.188. The van der Waals surface area contributed by atoms with Crippen LogP contribution in [-0.2, 0) is 9.53 Å². The Labute approximate surface area is 109 Å². The molecule has 0 aliphatic carbocycles. The topological polar surface area (TPSA) is 26.3 Å². The third kappa shape index (κ3) is 4.63. The zero-order valence-corrected chi connectivity index (χ0v) is 11.5. The molecule has 18 heavy (non-hydrogen) atoms. The van der Waals surface area contributed by atoms with Crippen LogP contribution in [0.15, 0.2) is 30.3 Å². The molecule has 0 aromatic heterocycles. The fraction of sp³-hybridized carbons (Fsp3) is 0.438. The van der Waals surface area contributed by atoms with Gasteiger partial charge in [0.15, 0.2) is 6.10 Å². The highest BCUT2D eigenvalue weighted by atomic mass is 16.5. The van der Waals surface area contributed by atoms with E-state index in [9.17, 15) is 4.79 Å². The van der Waals surface area contributed by atoms with Gasteiger partial charge in [0.25, 0.3) is 0 Å². The lowest BCUT2D eigenvalue weighted by molar-refractivity contribution is -0.150. The number of hydrogen-bond donors (Lipinski definition) is 0. The Balaban J connectivity index is 2.86. The summed E-state index contributed by atoms with van der Waals surface area (Å²) < 4.78 is 5.37. The molecule has 0 fully saturated rings. The summed E-state index contributed by atoms with van der Waals surface area (Å²) in [6.45, 7) is 7.83. The molecule has 2 heteroatoms. The predicted octanol–water partition coefficient (Wildman–Crippen LogP) is 3.41. The zero-order chi connectivity index (χ0) is 13.6. The molecule has 0 N–H and O–H groups in total. The van der Waals surface area contributed by atoms with Gasteiger partial charge in [-0.2, -0.15) is 0 Å². The normalized spacial score (nSPS) is 12.2. The average Bonchev–Trinajstić information content (AvgIpc) is 2.34. The van der Waals surface area contributed by atoms with Crippen LogP contribution >= 0.6 is 0 Å². The van der Waals surface area contributed by atoms with E-state index in [1.165, 1.54) is 0 Å². The van der Waals surface area contributed by atoms with E-state index in [4.69, 9.17) is 4.74 Å². The van der Waals surface area contributed by atoms with Crippen molar-refractivity contribution in [2.24, 2.45) is 5.41 Å². The first kappa shape index (κ1) is 14.3. The van der Waals surface area contributed by atoms with Crippen molar-refractivity contribution in [1.82, 2.24) is 0 Å². The predicted molar refractivity (Wildman–Crippen MR) is 72.9 cm³/mol. The Bertz CT molecular complexity index is 443. The van der Waals surface area contributed by atoms with Crippen molar-refractivity contribution in [3.63, 3.8) is 0 Å². The summed E-state index contributed by atoms with van der Waals surface area (Å²) in [4.78, 5) is 11.4. The van der Waals surface area contributed by atoms with Gasteiger partial charge in [-0.25, -0.2) is 0 Å². The number of carbonyl (C=O) groups is 1. The van der Waals surface area contributed by atoms with E-state index in [0.29, 0.717) is 6.42 Å². The maximum Gasteiger partial charge on any atom is 0.306 e. The van der Waals surface area contributed by atoms with Gasteiger partial charge in [0.2, 0.25) is 0 Å². The van der Waals surface area contributed by atoms with E-state index in [-0.39, 0.29) is 17.5 Å². The second-order valence-corrected chi connectivity index (χ2v) is 5.22. The van der Waals surface area contributed by atoms with Crippen molar-refractivity contribution in [2.45, 2.75) is 40.2 Å². The van der Waals surface area contributed by atoms with E-state index in [2.05, 4.69) is 11.8 Å². The van der Waals surface area contributed by atoms with Gasteiger partial charge in [0, 0.05) is 17.4 Å². The Hall–Kier alpha value is -1.75. The van der Waals surface area contributed by atoms with Crippen molar-refractivity contribution in [3.05, 3.63) is 35.9 Å². The van der Waals surface area contributed by atoms with Crippen LogP contribution in [0.2, 0.25) is 0 Å². The first-order valence-electron chi connectivity index (χ1n) is 6.19. The van der Waals surface area contributed by atoms with Crippen LogP contribution in [0.1, 0.15) is 39.7 Å². The third-order valence-electron chi connectivity index (χ3n) is 2.45. The molecular formula is C16H20O2. The smallest absolute Gasteiger partial charge is 0.306 e. The van der Waals surface area contributed by atoms with Gasteiger partial charge >= 0.3 is 5.97 Å². The van der Waals surface area contributed by atoms with Crippen molar-refractivity contribution in [2.75, 3.05) is 0 Å². The summed E-state index contributed by atoms with van der Waals surface area (Å²) in [6.07, 6.45) is -0.00951. The van der Waals surface area contributed by atoms with Crippen LogP contribution < -0.4 is 0 Å². The summed E-state index contributed by atoms with van der Waals surface area (Å²) >= 11 is 0. The number of hydrogen-bond acceptors (Lipinski definition) is 2. The van der Waals surface area contributed by atoms with Crippen LogP contribution in [-0.4, -0.2) is 12.1 Å². The van der Waals surface area contributed by atoms with Crippen LogP contribution in [0.4, 0.5) is 0 Å². The molecule has 1 aromatic rings. The van der Waals surface area contributed by atoms with Gasteiger partial charge in [-0.3, -0.25) is 4.79 Å². The number of benzene rings is 1. The number of carbonyl (C=O) groups excluding carboxylic acids is 1. The number of esters is 1. The summed E-state index contributed by atoms with van der Waals surface area (Å²) in [5.74, 6) is 5.89. The fourth-order valence-electron chi connectivity index (χ4n) is 1.31. The maximum atomic E-state index is 11.4. The van der Waals surface area contributed by atoms with Gasteiger partial charge in [-0.15, -0.1) is 0 Å². The van der Waals surface area contributed by atoms with Crippen molar-refractivity contribution in [3.8, 4) is 11.8 Å². The van der Waals surface area contributed by atoms with Gasteiger partial charge in [-0.1, -0.05) is 57.7 Å². The first-order chi connectivity index (χ1) is 8.43. The van der Waals surface area contributed by atoms with E-state index in [1.807, 2.05) is 51.1 Å². The lowest BCUT2D eigenvalue weighted by Crippen LogP contribution is -2.30. The van der Waals surface area contributed by atoms with Gasteiger partial charge in [0.1, 0.15) is 0 Å². The van der Waals surface area contributed by atoms with E-state index < -0.39 is 0 Å². The molecule has 0 aliphatic rings. The molecule has 0 radical (unpaired) electrons. The maximum absolute atomic E-state index is 11.4. The average molecular weight is 244 g/mol. The van der Waals surface area contributed by atoms with Gasteiger partial charge < -0.3 is 4.74 Å². The van der Waals surface area contributed by atoms with E-state index in [1.54, 1.807) is 6.92 Å². The summed E-state index contributed by atoms with van der Waals surface area (Å²) in [5.41, 5.74) is 0.742. The lowest BCUT2D eigenvalue weighted by atomic mass is 9.89. The van der Waals surface area contributed by atoms with Gasteiger partial charge in [0.05, 0.1) is 0 Å². The highest BCUT2D eigenvalue weighted by Gasteiger charge is 2.26. The quantitative estimate of drug-likeness (QED) is 0.588. The minimum Gasteiger partial charge on any atom is -0.449 e. The first-order valence-corrected chi connectivity index (χ1v) is 6.19. The monoisotopic (exact) mass is 244 g/mol. The minimum atomic E-state index is -0.384. The van der Waals surface area contributed by atoms with E-state index in [0.717, 1.165) is 5.56 Å². The Morgan fingerprint density at radius 1 is 1.28 bits per heavy atom. The molecule has 0 amide bonds. The standard InChI is InChI=1S/C16H20O2/c1-5-15(17)18-14(16(2,3)4)12-11-13-9-7-6-8-10-13/h6-10,14H,5H2,1-4H3/t14-/m0/s1. The van der Waals surface area contributed by atoms with Crippen LogP contribution in [0.5, 0.6) is 0 Å². The van der Waals surface area contributed by atoms with Crippen molar-refractivity contribution < 1.29 is 9.53 Å². The Kier molecular flexibility index (Phi) is 4.97. The molecule has 0 spiro atoms. The van der Waals surface area contributed by atoms with Crippen LogP contribution in [0.25, 0.3) is 0 Å². The molecule has 0 bridgehead atoms. The number of ether oxygens (including phenoxy) is 1. The fourth-order valence-corrected chi connectivity index (χ4v) is 1.31. The molecular weight excluding hydrogens is 224 g/mol. The van der Waals surface area contributed by atoms with Crippen molar-refractivity contribution in [1.29, 1.82) is 0 Å². The molecule has 0 unspecified atom stereocenters. The third-order valence-corrected chi connectivity index (χ3v) is 2.45. The highest BCUT2D eigenvalue weighted by Crippen LogP contribution is 2.22. The summed E-state index contributed by atoms with van der Waals surface area (Å²) in [7, 11) is 0. The lowest BCUT2D eigenvalue weighted by Gasteiger charge is -2.25. The molecule has 1 rings (SSSR count). The van der Waals surface area contributed by atoms with Crippen LogP contribution in [0.3, 0.4) is 0 Å². The molecule has 0 saturated carbocycles. The molecule has 1 atom stereocenters. The SMILES string of the molecule is CCC(=O)O[C@@H](C#Cc1ccccc1)C(C)(C)C. The second-order valence-electron chi connectivity index (χ2n) is 5.22. The van der Waals surface area contributed by atoms with Crippen LogP contribution in [0, 0.1) is 17.3 Å². The van der Waals surface area contributed by atoms with Crippen molar-refractivity contribution >= 4 is 5.97 Å². The number of rotatable bonds is 2. The molecule has 0 heterocycles. The summed E-state index contributed by atoms with van der Waals surface area (Å²) in [6, 6.07) is 9.70.